The van der Waals surface area contributed by atoms with E-state index in [1.807, 2.05) is 117 Å². The summed E-state index contributed by atoms with van der Waals surface area (Å²) in [5.41, 5.74) is 13.5. The van der Waals surface area contributed by atoms with Crippen LogP contribution in [0.25, 0.3) is 43.1 Å². The zero-order valence-electron chi connectivity index (χ0n) is 47.0. The fourth-order valence-electron chi connectivity index (χ4n) is 10.6. The highest BCUT2D eigenvalue weighted by molar-refractivity contribution is 7.07. The average molecular weight is 1090 g/mol. The van der Waals surface area contributed by atoms with Crippen molar-refractivity contribution >= 4 is 60.2 Å². The molecule has 0 fully saturated rings. The van der Waals surface area contributed by atoms with E-state index >= 15 is 0 Å². The topological polar surface area (TPSA) is 49.9 Å². The molecule has 80 heavy (non-hydrogen) atoms. The minimum atomic E-state index is -3.38. The van der Waals surface area contributed by atoms with Gasteiger partial charge in [-0.05, 0) is 66.8 Å². The number of hydrogen-bond acceptors (Lipinski definition) is 8. The Morgan fingerprint density at radius 1 is 0.188 bits per heavy atom. The number of benzene rings is 9. The first-order valence-electron chi connectivity index (χ1n) is 26.9. The van der Waals surface area contributed by atoms with Gasteiger partial charge in [-0.3, -0.25) is 18.1 Å². The second-order valence-corrected chi connectivity index (χ2v) is 25.1. The van der Waals surface area contributed by atoms with E-state index in [1.165, 1.54) is 0 Å². The minimum Gasteiger partial charge on any atom is -0.300 e. The molecule has 0 aromatic heterocycles. The van der Waals surface area contributed by atoms with Gasteiger partial charge in [-0.15, -0.1) is 0 Å². The molecule has 0 unspecified atom stereocenters. The van der Waals surface area contributed by atoms with Gasteiger partial charge in [0.1, 0.15) is 0 Å². The molecule has 2 aliphatic rings. The third-order valence-electron chi connectivity index (χ3n) is 13.2. The van der Waals surface area contributed by atoms with Crippen LogP contribution < -0.4 is 0 Å². The Labute approximate surface area is 476 Å². The van der Waals surface area contributed by atoms with E-state index in [0.29, 0.717) is 0 Å². The van der Waals surface area contributed by atoms with Crippen molar-refractivity contribution in [1.82, 2.24) is 20.3 Å². The van der Waals surface area contributed by atoms with E-state index in [0.717, 1.165) is 87.6 Å². The van der Waals surface area contributed by atoms with E-state index in [1.54, 1.807) is 20.3 Å². The minimum absolute atomic E-state index is 1.09. The average Bonchev–Trinajstić information content (AvgIpc) is 4.15. The largest absolute Gasteiger partial charge is 0.443 e. The Morgan fingerprint density at radius 3 is 0.450 bits per heavy atom. The van der Waals surface area contributed by atoms with Crippen molar-refractivity contribution in [2.24, 2.45) is 0 Å². The molecule has 402 valence electrons. The zero-order chi connectivity index (χ0) is 55.9. The third-order valence-corrected chi connectivity index (χ3v) is 20.5. The lowest BCUT2D eigenvalue weighted by molar-refractivity contribution is -0.0973. The van der Waals surface area contributed by atoms with Crippen LogP contribution in [-0.4, -0.2) is 93.8 Å². The summed E-state index contributed by atoms with van der Waals surface area (Å²) in [6.07, 6.45) is 0. The van der Waals surface area contributed by atoms with Crippen LogP contribution >= 0.6 is 0 Å². The van der Waals surface area contributed by atoms with Crippen LogP contribution in [0.15, 0.2) is 279 Å². The summed E-state index contributed by atoms with van der Waals surface area (Å²) >= 11 is 0. The molecule has 2 heterocycles. The molecule has 10 heteroatoms. The van der Waals surface area contributed by atoms with Gasteiger partial charge in [0.05, 0.1) is 0 Å². The first kappa shape index (κ1) is 56.8. The highest BCUT2D eigenvalue weighted by atomic mass is 28.4. The molecule has 0 spiro atoms. The fourth-order valence-corrected chi connectivity index (χ4v) is 18.5. The Morgan fingerprint density at radius 2 is 0.312 bits per heavy atom. The van der Waals surface area contributed by atoms with E-state index in [-0.39, 0.29) is 0 Å². The molecule has 0 bridgehead atoms. The second-order valence-electron chi connectivity index (χ2n) is 19.9. The summed E-state index contributed by atoms with van der Waals surface area (Å²) < 4.78 is 27.8. The molecular formula is C70H70N4O4Si2. The van der Waals surface area contributed by atoms with Crippen LogP contribution in [0.3, 0.4) is 0 Å². The molecule has 2 aliphatic heterocycles. The quantitative estimate of drug-likeness (QED) is 0.0701. The van der Waals surface area contributed by atoms with Crippen molar-refractivity contribution in [3.63, 3.8) is 0 Å². The van der Waals surface area contributed by atoms with Crippen LogP contribution in [0, 0.1) is 0 Å². The van der Waals surface area contributed by atoms with Gasteiger partial charge in [-0.1, -0.05) is 279 Å². The lowest BCUT2D eigenvalue weighted by Gasteiger charge is -2.36. The molecule has 0 atom stereocenters. The lowest BCUT2D eigenvalue weighted by Crippen LogP contribution is -2.51. The maximum atomic E-state index is 6.94. The fraction of sp³-hybridized carbons (Fsp3) is 0.114. The number of hydrogen-bond donors (Lipinski definition) is 0. The summed E-state index contributed by atoms with van der Waals surface area (Å²) in [5, 5.41) is 11.5. The molecule has 0 radical (unpaired) electrons. The highest BCUT2D eigenvalue weighted by Gasteiger charge is 2.59. The van der Waals surface area contributed by atoms with E-state index in [4.69, 9.17) is 18.1 Å². The smallest absolute Gasteiger partial charge is 0.300 e. The van der Waals surface area contributed by atoms with E-state index < -0.39 is 17.1 Å². The van der Waals surface area contributed by atoms with Crippen molar-refractivity contribution in [3.05, 3.63) is 324 Å². The number of hydroxylamine groups is 8. The van der Waals surface area contributed by atoms with Crippen molar-refractivity contribution in [2.75, 3.05) is 56.4 Å². The molecule has 9 aromatic carbocycles. The predicted octanol–water partition coefficient (Wildman–Crippen LogP) is 15.1. The molecule has 0 amide bonds. The Bertz CT molecular complexity index is 3040. The summed E-state index contributed by atoms with van der Waals surface area (Å²) in [7, 11) is 8.70. The van der Waals surface area contributed by atoms with Gasteiger partial charge in [-0.25, -0.2) is 20.3 Å². The lowest BCUT2D eigenvalue weighted by atomic mass is 9.89. The van der Waals surface area contributed by atoms with Gasteiger partial charge in [0, 0.05) is 77.2 Å². The summed E-state index contributed by atoms with van der Waals surface area (Å²) in [4.78, 5) is 0. The maximum absolute atomic E-state index is 6.94. The van der Waals surface area contributed by atoms with Crippen molar-refractivity contribution in [1.29, 1.82) is 0 Å². The standard InChI is InChI=1S/2C32H32N2O2Si.C6H6/c2*1-33(2)35-37(36-34(3)4)31(27-21-13-7-14-22-27)29(25-17-9-5-10-18-25)30(26-19-11-6-12-20-26)32(37)28-23-15-8-16-24-28;1-2-4-6-5-3-1/h2*5-24H,1-4H3;1-6H. The Kier molecular flexibility index (Phi) is 19.0. The Hall–Kier alpha value is -7.95. The van der Waals surface area contributed by atoms with Gasteiger partial charge >= 0.3 is 17.1 Å². The number of nitrogens with zero attached hydrogens (tertiary/aromatic N) is 4. The van der Waals surface area contributed by atoms with E-state index in [2.05, 4.69) is 218 Å². The SMILES string of the molecule is CN(C)O[Si]1(ON(C)C)C(c2ccccc2)=C(c2ccccc2)C(c2ccccc2)=C1c1ccccc1.CN(C)O[Si]1(ON(C)C)C(c2ccccc2)=C(c2ccccc2)C(c2ccccc2)=C1c1ccccc1.c1ccccc1. The molecule has 9 aromatic rings. The number of rotatable bonds is 16. The van der Waals surface area contributed by atoms with Crippen molar-refractivity contribution < 1.29 is 18.1 Å². The molecule has 0 N–H and O–H groups in total. The monoisotopic (exact) mass is 1090 g/mol. The van der Waals surface area contributed by atoms with Gasteiger partial charge in [0.25, 0.3) is 0 Å². The zero-order valence-corrected chi connectivity index (χ0v) is 49.0. The molecule has 0 saturated carbocycles. The van der Waals surface area contributed by atoms with Gasteiger partial charge < -0.3 is 0 Å². The molecule has 0 saturated heterocycles. The third kappa shape index (κ3) is 12.7. The van der Waals surface area contributed by atoms with Gasteiger partial charge in [0.15, 0.2) is 0 Å². The van der Waals surface area contributed by atoms with E-state index in [9.17, 15) is 0 Å². The van der Waals surface area contributed by atoms with Crippen molar-refractivity contribution in [2.45, 2.75) is 0 Å². The van der Waals surface area contributed by atoms with Crippen LogP contribution in [0.5, 0.6) is 0 Å². The molecule has 0 aliphatic carbocycles. The normalized spacial score (nSPS) is 14.7. The van der Waals surface area contributed by atoms with Crippen LogP contribution in [-0.2, 0) is 18.1 Å². The summed E-state index contributed by atoms with van der Waals surface area (Å²) in [6.45, 7) is 0. The van der Waals surface area contributed by atoms with Crippen molar-refractivity contribution in [3.8, 4) is 0 Å². The highest BCUT2D eigenvalue weighted by Crippen LogP contribution is 2.58. The number of allylic oxidation sites excluding steroid dienone is 4. The first-order chi connectivity index (χ1) is 39.0. The Balaban J connectivity index is 0.000000175. The predicted molar refractivity (Wildman–Crippen MR) is 336 cm³/mol. The van der Waals surface area contributed by atoms with Crippen LogP contribution in [0.1, 0.15) is 44.5 Å². The summed E-state index contributed by atoms with van der Waals surface area (Å²) in [5.74, 6) is 0. The molecule has 11 rings (SSSR count). The second kappa shape index (κ2) is 26.8. The maximum Gasteiger partial charge on any atom is 0.443 e. The van der Waals surface area contributed by atoms with Gasteiger partial charge in [0.2, 0.25) is 0 Å². The summed E-state index contributed by atoms with van der Waals surface area (Å²) in [6, 6.07) is 96.6. The van der Waals surface area contributed by atoms with Crippen LogP contribution in [0.2, 0.25) is 0 Å². The van der Waals surface area contributed by atoms with Crippen LogP contribution in [0.4, 0.5) is 0 Å². The van der Waals surface area contributed by atoms with Gasteiger partial charge in [-0.2, -0.15) is 0 Å². The first-order valence-corrected chi connectivity index (χ1v) is 30.5. The molecular weight excluding hydrogens is 1020 g/mol. The molecule has 8 nitrogen and oxygen atoms in total.